The highest BCUT2D eigenvalue weighted by molar-refractivity contribution is 7.13. The third-order valence-corrected chi connectivity index (χ3v) is 8.15. The number of thiazole rings is 1. The lowest BCUT2D eigenvalue weighted by molar-refractivity contribution is -0.144. The van der Waals surface area contributed by atoms with Gasteiger partial charge in [0, 0.05) is 19.4 Å². The molecule has 1 aromatic heterocycles. The molecule has 2 heterocycles. The molecule has 0 aliphatic carbocycles. The summed E-state index contributed by atoms with van der Waals surface area (Å²) in [6, 6.07) is 6.05. The van der Waals surface area contributed by atoms with Crippen LogP contribution in [0.3, 0.4) is 0 Å². The number of nitrogens with zero attached hydrogens (tertiary/aromatic N) is 2. The van der Waals surface area contributed by atoms with E-state index in [0.29, 0.717) is 19.4 Å². The lowest BCUT2D eigenvalue weighted by Crippen LogP contribution is -2.57. The molecule has 1 aliphatic rings. The van der Waals surface area contributed by atoms with E-state index >= 15 is 0 Å². The topological polar surface area (TPSA) is 138 Å². The van der Waals surface area contributed by atoms with Crippen LogP contribution in [0, 0.1) is 12.3 Å². The van der Waals surface area contributed by atoms with Gasteiger partial charge >= 0.3 is 0 Å². The Kier molecular flexibility index (Phi) is 12.6. The third-order valence-electron chi connectivity index (χ3n) is 7.17. The molecule has 9 nitrogen and oxygen atoms in total. The maximum absolute atomic E-state index is 13.7. The van der Waals surface area contributed by atoms with E-state index in [9.17, 15) is 19.5 Å². The number of aromatic nitrogens is 1. The van der Waals surface area contributed by atoms with Crippen molar-refractivity contribution in [3.05, 3.63) is 41.0 Å². The zero-order valence-electron chi connectivity index (χ0n) is 24.1. The number of nitrogens with two attached hydrogens (primary N) is 1. The average molecular weight is 594 g/mol. The van der Waals surface area contributed by atoms with E-state index in [-0.39, 0.29) is 49.1 Å². The van der Waals surface area contributed by atoms with Crippen LogP contribution < -0.4 is 16.4 Å². The van der Waals surface area contributed by atoms with Crippen LogP contribution in [0.2, 0.25) is 0 Å². The van der Waals surface area contributed by atoms with Gasteiger partial charge in [0.05, 0.1) is 28.2 Å². The van der Waals surface area contributed by atoms with Crippen LogP contribution in [-0.2, 0) is 14.4 Å². The normalized spacial score (nSPS) is 18.5. The standard InChI is InChI=1S/C29H43N5O4S.ClH/c1-18(20-10-12-21(13-11-20)25-19(2)31-17-39-25)32-27(37)23-15-22(35)16-34(23)28(38)26(29(3,4)5)33-24(36)9-7-6-8-14-30;/h10-13,17-18,22-23,26,35H,6-9,14-16,30H2,1-5H3,(H,32,37)(H,33,36);1H. The fourth-order valence-corrected chi connectivity index (χ4v) is 5.67. The molecule has 1 aliphatic heterocycles. The number of β-amino-alcohol motifs (C(OH)–C–C–N with tert-alkyl or cyclic N) is 1. The number of carbonyl (C=O) groups excluding carboxylic acids is 3. The molecule has 1 fully saturated rings. The van der Waals surface area contributed by atoms with Gasteiger partial charge in [-0.05, 0) is 49.8 Å². The second-order valence-corrected chi connectivity index (χ2v) is 12.3. The molecule has 4 atom stereocenters. The van der Waals surface area contributed by atoms with Gasteiger partial charge < -0.3 is 26.4 Å². The summed E-state index contributed by atoms with van der Waals surface area (Å²) in [5, 5.41) is 16.3. The summed E-state index contributed by atoms with van der Waals surface area (Å²) < 4.78 is 0. The molecule has 3 rings (SSSR count). The minimum atomic E-state index is -0.819. The van der Waals surface area contributed by atoms with Crippen LogP contribution >= 0.6 is 23.7 Å². The van der Waals surface area contributed by atoms with Crippen LogP contribution in [0.1, 0.15) is 77.1 Å². The fourth-order valence-electron chi connectivity index (χ4n) is 4.86. The van der Waals surface area contributed by atoms with Gasteiger partial charge in [0.25, 0.3) is 0 Å². The molecule has 0 bridgehead atoms. The first-order valence-electron chi connectivity index (χ1n) is 13.7. The van der Waals surface area contributed by atoms with E-state index < -0.39 is 23.6 Å². The highest BCUT2D eigenvalue weighted by atomic mass is 35.5. The number of nitrogens with one attached hydrogen (secondary N) is 2. The number of aliphatic hydroxyl groups excluding tert-OH is 1. The number of rotatable bonds is 11. The molecular weight excluding hydrogens is 550 g/mol. The van der Waals surface area contributed by atoms with Gasteiger partial charge in [-0.2, -0.15) is 0 Å². The molecule has 3 amide bonds. The second kappa shape index (κ2) is 14.9. The summed E-state index contributed by atoms with van der Waals surface area (Å²) in [4.78, 5) is 46.5. The Hall–Kier alpha value is -2.53. The van der Waals surface area contributed by atoms with Gasteiger partial charge in [-0.15, -0.1) is 23.7 Å². The van der Waals surface area contributed by atoms with Crippen molar-refractivity contribution in [1.29, 1.82) is 0 Å². The van der Waals surface area contributed by atoms with Gasteiger partial charge in [-0.3, -0.25) is 14.4 Å². The Morgan fingerprint density at radius 2 is 1.82 bits per heavy atom. The van der Waals surface area contributed by atoms with Gasteiger partial charge in [0.2, 0.25) is 17.7 Å². The SMILES string of the molecule is Cc1ncsc1-c1ccc(C(C)NC(=O)C2CC(O)CN2C(=O)C(NC(=O)CCCCCN)C(C)(C)C)cc1.Cl. The van der Waals surface area contributed by atoms with Crippen LogP contribution in [0.5, 0.6) is 0 Å². The number of carbonyl (C=O) groups is 3. The summed E-state index contributed by atoms with van der Waals surface area (Å²) >= 11 is 1.59. The number of hydrogen-bond acceptors (Lipinski definition) is 7. The minimum Gasteiger partial charge on any atom is -0.391 e. The average Bonchev–Trinajstić information content (AvgIpc) is 3.49. The van der Waals surface area contributed by atoms with E-state index in [1.54, 1.807) is 11.3 Å². The monoisotopic (exact) mass is 593 g/mol. The zero-order valence-corrected chi connectivity index (χ0v) is 25.7. The van der Waals surface area contributed by atoms with Crippen LogP contribution in [-0.4, -0.2) is 64.0 Å². The lowest BCUT2D eigenvalue weighted by Gasteiger charge is -2.35. The maximum atomic E-state index is 13.7. The summed E-state index contributed by atoms with van der Waals surface area (Å²) in [6.45, 7) is 10.1. The lowest BCUT2D eigenvalue weighted by atomic mass is 9.85. The van der Waals surface area contributed by atoms with Gasteiger partial charge in [0.15, 0.2) is 0 Å². The van der Waals surface area contributed by atoms with Crippen LogP contribution in [0.15, 0.2) is 29.8 Å². The van der Waals surface area contributed by atoms with E-state index in [4.69, 9.17) is 5.73 Å². The van der Waals surface area contributed by atoms with Crippen LogP contribution in [0.25, 0.3) is 10.4 Å². The highest BCUT2D eigenvalue weighted by Gasteiger charge is 2.44. The van der Waals surface area contributed by atoms with Crippen molar-refractivity contribution in [2.75, 3.05) is 13.1 Å². The molecule has 0 saturated carbocycles. The summed E-state index contributed by atoms with van der Waals surface area (Å²) in [6.07, 6.45) is 2.05. The first-order valence-corrected chi connectivity index (χ1v) is 14.6. The van der Waals surface area contributed by atoms with Crippen molar-refractivity contribution in [2.45, 2.75) is 91.0 Å². The van der Waals surface area contributed by atoms with Crippen molar-refractivity contribution < 1.29 is 19.5 Å². The zero-order chi connectivity index (χ0) is 28.7. The summed E-state index contributed by atoms with van der Waals surface area (Å²) in [5.74, 6) is -0.881. The van der Waals surface area contributed by atoms with E-state index in [1.807, 2.05) is 64.4 Å². The Balaban J connectivity index is 0.00000560. The number of aryl methyl sites for hydroxylation is 1. The number of amides is 3. The minimum absolute atomic E-state index is 0. The number of benzene rings is 1. The first-order chi connectivity index (χ1) is 18.4. The molecule has 4 unspecified atom stereocenters. The van der Waals surface area contributed by atoms with E-state index in [0.717, 1.165) is 34.5 Å². The molecule has 0 spiro atoms. The fraction of sp³-hybridized carbons (Fsp3) is 0.586. The van der Waals surface area contributed by atoms with Crippen molar-refractivity contribution in [1.82, 2.24) is 20.5 Å². The Morgan fingerprint density at radius 3 is 2.40 bits per heavy atom. The molecule has 11 heteroatoms. The largest absolute Gasteiger partial charge is 0.391 e. The molecule has 0 radical (unpaired) electrons. The van der Waals surface area contributed by atoms with Gasteiger partial charge in [0.1, 0.15) is 12.1 Å². The van der Waals surface area contributed by atoms with Crippen molar-refractivity contribution in [3.63, 3.8) is 0 Å². The van der Waals surface area contributed by atoms with E-state index in [2.05, 4.69) is 15.6 Å². The quantitative estimate of drug-likeness (QED) is 0.293. The maximum Gasteiger partial charge on any atom is 0.246 e. The number of halogens is 1. The molecule has 1 saturated heterocycles. The Bertz CT molecular complexity index is 1130. The third kappa shape index (κ3) is 8.73. The number of likely N-dealkylation sites (tertiary alicyclic amines) is 1. The van der Waals surface area contributed by atoms with Gasteiger partial charge in [-0.25, -0.2) is 4.98 Å². The molecule has 5 N–H and O–H groups in total. The summed E-state index contributed by atoms with van der Waals surface area (Å²) in [7, 11) is 0. The number of aliphatic hydroxyl groups is 1. The number of hydrogen-bond donors (Lipinski definition) is 4. The first kappa shape index (κ1) is 33.7. The highest BCUT2D eigenvalue weighted by Crippen LogP contribution is 2.29. The van der Waals surface area contributed by atoms with Gasteiger partial charge in [-0.1, -0.05) is 51.5 Å². The smallest absolute Gasteiger partial charge is 0.246 e. The van der Waals surface area contributed by atoms with Crippen LogP contribution in [0.4, 0.5) is 0 Å². The van der Waals surface area contributed by atoms with Crippen molar-refractivity contribution >= 4 is 41.5 Å². The van der Waals surface area contributed by atoms with Crippen molar-refractivity contribution in [2.24, 2.45) is 11.1 Å². The molecule has 1 aromatic carbocycles. The predicted molar refractivity (Wildman–Crippen MR) is 161 cm³/mol. The Labute approximate surface area is 247 Å². The molecule has 40 heavy (non-hydrogen) atoms. The second-order valence-electron chi connectivity index (χ2n) is 11.5. The Morgan fingerprint density at radius 1 is 1.15 bits per heavy atom. The predicted octanol–water partition coefficient (Wildman–Crippen LogP) is 3.73. The molecular formula is C29H44ClN5O4S. The van der Waals surface area contributed by atoms with Crippen molar-refractivity contribution in [3.8, 4) is 10.4 Å². The van der Waals surface area contributed by atoms with E-state index in [1.165, 1.54) is 4.90 Å². The molecule has 2 aromatic rings. The molecule has 222 valence electrons. The summed E-state index contributed by atoms with van der Waals surface area (Å²) in [5.41, 5.74) is 9.76. The number of unbranched alkanes of at least 4 members (excludes halogenated alkanes) is 2.